The molecule has 0 radical (unpaired) electrons. The maximum Gasteiger partial charge on any atom is 0.264 e. The second kappa shape index (κ2) is 12.5. The van der Waals surface area contributed by atoms with Gasteiger partial charge in [0.05, 0.1) is 34.7 Å². The molecule has 1 amide bonds. The lowest BCUT2D eigenvalue weighted by atomic mass is 10.0. The van der Waals surface area contributed by atoms with E-state index >= 15 is 8.78 Å². The van der Waals surface area contributed by atoms with Crippen molar-refractivity contribution in [2.45, 2.75) is 58.4 Å². The normalized spacial score (nSPS) is 22.9. The van der Waals surface area contributed by atoms with E-state index in [2.05, 4.69) is 25.2 Å². The van der Waals surface area contributed by atoms with Gasteiger partial charge in [-0.3, -0.25) is 14.5 Å². The predicted molar refractivity (Wildman–Crippen MR) is 158 cm³/mol. The topological polar surface area (TPSA) is 107 Å². The van der Waals surface area contributed by atoms with Gasteiger partial charge in [-0.15, -0.1) is 0 Å². The fraction of sp³-hybridized carbons (Fsp3) is 0.467. The van der Waals surface area contributed by atoms with Gasteiger partial charge in [-0.2, -0.15) is 0 Å². The van der Waals surface area contributed by atoms with Gasteiger partial charge in [0.25, 0.3) is 12.3 Å². The number of morpholine rings is 1. The lowest BCUT2D eigenvalue weighted by Gasteiger charge is -2.44. The number of pyridine rings is 1. The van der Waals surface area contributed by atoms with Crippen LogP contribution in [0.1, 0.15) is 50.0 Å². The second-order valence-electron chi connectivity index (χ2n) is 11.5. The Balaban J connectivity index is 1.61. The van der Waals surface area contributed by atoms with Crippen molar-refractivity contribution in [3.05, 3.63) is 63.7 Å². The van der Waals surface area contributed by atoms with Gasteiger partial charge in [0.2, 0.25) is 11.5 Å². The molecule has 14 heteroatoms. The van der Waals surface area contributed by atoms with Crippen LogP contribution in [0.5, 0.6) is 0 Å². The van der Waals surface area contributed by atoms with Crippen molar-refractivity contribution >= 4 is 23.2 Å². The summed E-state index contributed by atoms with van der Waals surface area (Å²) < 4.78 is 65.9. The fourth-order valence-corrected chi connectivity index (χ4v) is 5.84. The summed E-state index contributed by atoms with van der Waals surface area (Å²) >= 11 is 0. The number of carbonyl (C=O) groups is 1. The molecule has 4 atom stereocenters. The van der Waals surface area contributed by atoms with E-state index in [-0.39, 0.29) is 41.6 Å². The third-order valence-corrected chi connectivity index (χ3v) is 8.17. The first kappa shape index (κ1) is 31.4. The third-order valence-electron chi connectivity index (χ3n) is 8.17. The van der Waals surface area contributed by atoms with E-state index in [9.17, 15) is 18.4 Å². The summed E-state index contributed by atoms with van der Waals surface area (Å²) in [7, 11) is 1.95. The number of halogens is 4. The molecule has 0 aliphatic carbocycles. The first-order valence-electron chi connectivity index (χ1n) is 14.4. The number of aromatic amines is 1. The number of likely N-dealkylation sites (N-methyl/N-ethyl adjacent to an activating group) is 1. The number of nitrogens with one attached hydrogen (secondary N) is 2. The summed E-state index contributed by atoms with van der Waals surface area (Å²) in [6.07, 6.45) is -1.12. The van der Waals surface area contributed by atoms with Gasteiger partial charge < -0.3 is 24.8 Å². The number of anilines is 3. The van der Waals surface area contributed by atoms with Crippen LogP contribution in [0.3, 0.4) is 0 Å². The quantitative estimate of drug-likeness (QED) is 0.391. The highest BCUT2D eigenvalue weighted by Gasteiger charge is 2.33. The summed E-state index contributed by atoms with van der Waals surface area (Å²) in [5.41, 5.74) is -3.09. The summed E-state index contributed by atoms with van der Waals surface area (Å²) in [5, 5.41) is 2.41. The highest BCUT2D eigenvalue weighted by Crippen LogP contribution is 2.39. The van der Waals surface area contributed by atoms with Gasteiger partial charge in [-0.05, 0) is 40.8 Å². The van der Waals surface area contributed by atoms with Gasteiger partial charge >= 0.3 is 0 Å². The molecule has 0 bridgehead atoms. The van der Waals surface area contributed by atoms with Gasteiger partial charge in [-0.25, -0.2) is 27.5 Å². The molecule has 2 N–H and O–H groups in total. The van der Waals surface area contributed by atoms with Crippen LogP contribution in [0.4, 0.5) is 34.9 Å². The van der Waals surface area contributed by atoms with Crippen molar-refractivity contribution < 1.29 is 27.1 Å². The zero-order valence-electron chi connectivity index (χ0n) is 25.1. The molecule has 236 valence electrons. The minimum absolute atomic E-state index is 0.000429. The first-order chi connectivity index (χ1) is 20.8. The number of hydrogen-bond acceptors (Lipinski definition) is 8. The Morgan fingerprint density at radius 2 is 1.70 bits per heavy atom. The molecule has 1 aromatic carbocycles. The van der Waals surface area contributed by atoms with Crippen molar-refractivity contribution in [1.82, 2.24) is 19.9 Å². The number of benzene rings is 1. The molecule has 0 unspecified atom stereocenters. The Bertz CT molecular complexity index is 1580. The maximum absolute atomic E-state index is 16.6. The minimum atomic E-state index is -3.14. The Morgan fingerprint density at radius 1 is 1.05 bits per heavy atom. The van der Waals surface area contributed by atoms with E-state index in [4.69, 9.17) is 4.74 Å². The van der Waals surface area contributed by atoms with E-state index in [1.54, 1.807) is 4.90 Å². The SMILES string of the molecule is C[C@@H]1CN(c2nccc(-c3c(F)cc(N4C[C@@H](C)N(C)[C@@H](C)C4)c(NC(=O)c4c[nH]c(=O)cc4C(F)F)c3F)n2)C[C@H](C)O1. The molecule has 0 spiro atoms. The molecule has 2 aliphatic rings. The van der Waals surface area contributed by atoms with Gasteiger partial charge in [-0.1, -0.05) is 0 Å². The molecule has 3 aromatic rings. The van der Waals surface area contributed by atoms with E-state index in [0.717, 1.165) is 12.3 Å². The molecule has 0 saturated carbocycles. The predicted octanol–water partition coefficient (Wildman–Crippen LogP) is 4.44. The van der Waals surface area contributed by atoms with Crippen LogP contribution in [-0.2, 0) is 4.74 Å². The molecule has 2 fully saturated rings. The number of hydrogen-bond donors (Lipinski definition) is 2. The Morgan fingerprint density at radius 3 is 2.34 bits per heavy atom. The monoisotopic (exact) mass is 617 g/mol. The van der Waals surface area contributed by atoms with Gasteiger partial charge in [0.1, 0.15) is 11.5 Å². The van der Waals surface area contributed by atoms with E-state index < -0.39 is 51.9 Å². The second-order valence-corrected chi connectivity index (χ2v) is 11.5. The molecule has 2 saturated heterocycles. The van der Waals surface area contributed by atoms with E-state index in [1.807, 2.05) is 39.6 Å². The van der Waals surface area contributed by atoms with Crippen LogP contribution < -0.4 is 20.7 Å². The molecule has 44 heavy (non-hydrogen) atoms. The van der Waals surface area contributed by atoms with Crippen molar-refractivity contribution in [3.63, 3.8) is 0 Å². The lowest BCUT2D eigenvalue weighted by molar-refractivity contribution is -0.00572. The molecule has 4 heterocycles. The molecule has 5 rings (SSSR count). The molecular formula is C30H35F4N7O3. The molecule has 2 aromatic heterocycles. The number of carbonyl (C=O) groups excluding carboxylic acids is 1. The van der Waals surface area contributed by atoms with Crippen LogP contribution in [0.2, 0.25) is 0 Å². The standard InChI is InChI=1S/C30H35F4N7O3/c1-15-11-40(12-16(2)39(15)5)23-9-21(31)25(22-6-7-35-30(37-22)41-13-17(3)44-18(4)14-41)26(32)27(23)38-29(43)20-10-36-24(42)8-19(20)28(33)34/h6-10,15-18,28H,11-14H2,1-5H3,(H,36,42)(H,38,43)/t15-,16+,17-,18+. The molecule has 10 nitrogen and oxygen atoms in total. The number of ether oxygens (including phenoxy) is 1. The number of alkyl halides is 2. The summed E-state index contributed by atoms with van der Waals surface area (Å²) in [4.78, 5) is 41.8. The van der Waals surface area contributed by atoms with Crippen molar-refractivity contribution in [1.29, 1.82) is 0 Å². The van der Waals surface area contributed by atoms with Crippen LogP contribution in [0.25, 0.3) is 11.3 Å². The average molecular weight is 618 g/mol. The highest BCUT2D eigenvalue weighted by molar-refractivity contribution is 6.07. The summed E-state index contributed by atoms with van der Waals surface area (Å²) in [6, 6.07) is 3.11. The number of rotatable bonds is 6. The zero-order chi connectivity index (χ0) is 31.9. The van der Waals surface area contributed by atoms with Gasteiger partial charge in [0.15, 0.2) is 5.82 Å². The minimum Gasteiger partial charge on any atom is -0.372 e. The Labute approximate surface area is 252 Å². The van der Waals surface area contributed by atoms with E-state index in [1.165, 1.54) is 12.3 Å². The fourth-order valence-electron chi connectivity index (χ4n) is 5.84. The number of nitrogens with zero attached hydrogens (tertiary/aromatic N) is 5. The lowest BCUT2D eigenvalue weighted by Crippen LogP contribution is -2.55. The number of aromatic nitrogens is 3. The van der Waals surface area contributed by atoms with Crippen molar-refractivity contribution in [3.8, 4) is 11.3 Å². The number of H-pyrrole nitrogens is 1. The first-order valence-corrected chi connectivity index (χ1v) is 14.4. The van der Waals surface area contributed by atoms with Gasteiger partial charge in [0, 0.05) is 68.4 Å². The smallest absolute Gasteiger partial charge is 0.264 e. The van der Waals surface area contributed by atoms with Crippen molar-refractivity contribution in [2.24, 2.45) is 0 Å². The molecular weight excluding hydrogens is 582 g/mol. The van der Waals surface area contributed by atoms with Crippen LogP contribution >= 0.6 is 0 Å². The Hall–Kier alpha value is -4.04. The number of piperazine rings is 1. The largest absolute Gasteiger partial charge is 0.372 e. The van der Waals surface area contributed by atoms with Crippen LogP contribution in [0.15, 0.2) is 35.4 Å². The third kappa shape index (κ3) is 6.27. The van der Waals surface area contributed by atoms with E-state index in [0.29, 0.717) is 32.2 Å². The average Bonchev–Trinajstić information content (AvgIpc) is 2.96. The van der Waals surface area contributed by atoms with Crippen LogP contribution in [0, 0.1) is 11.6 Å². The summed E-state index contributed by atoms with van der Waals surface area (Å²) in [6.45, 7) is 9.46. The number of amides is 1. The Kier molecular flexibility index (Phi) is 8.93. The molecule has 2 aliphatic heterocycles. The zero-order valence-corrected chi connectivity index (χ0v) is 25.1. The van der Waals surface area contributed by atoms with Crippen LogP contribution in [-0.4, -0.2) is 83.3 Å². The highest BCUT2D eigenvalue weighted by atomic mass is 19.3. The van der Waals surface area contributed by atoms with Crippen molar-refractivity contribution in [2.75, 3.05) is 48.3 Å². The maximum atomic E-state index is 16.6. The summed E-state index contributed by atoms with van der Waals surface area (Å²) in [5.74, 6) is -2.87.